The van der Waals surface area contributed by atoms with E-state index in [-0.39, 0.29) is 12.0 Å². The van der Waals surface area contributed by atoms with Crippen LogP contribution in [0.4, 0.5) is 0 Å². The molecule has 2 atom stereocenters. The number of ketones is 1. The molecule has 0 aliphatic heterocycles. The standard InChI is InChI=1S/C15H26O2/c1-3-4-8-14-10-9-13(11-15(14)17)7-5-6-12(2)16/h11-12,14,16H,3-10H2,1-2H3/t12?,14-/m1/s1. The molecule has 0 bridgehead atoms. The van der Waals surface area contributed by atoms with Crippen LogP contribution in [-0.4, -0.2) is 17.0 Å². The molecule has 0 aromatic rings. The number of allylic oxidation sites excluding steroid dienone is 2. The molecule has 0 spiro atoms. The molecule has 0 aromatic carbocycles. The number of hydrogen-bond donors (Lipinski definition) is 1. The second-order valence-electron chi connectivity index (χ2n) is 5.32. The third kappa shape index (κ3) is 5.49. The summed E-state index contributed by atoms with van der Waals surface area (Å²) in [4.78, 5) is 11.9. The first-order chi connectivity index (χ1) is 8.13. The van der Waals surface area contributed by atoms with Crippen molar-refractivity contribution >= 4 is 5.78 Å². The minimum absolute atomic E-state index is 0.216. The van der Waals surface area contributed by atoms with E-state index in [1.807, 2.05) is 13.0 Å². The van der Waals surface area contributed by atoms with Gasteiger partial charge in [0.2, 0.25) is 0 Å². The fraction of sp³-hybridized carbons (Fsp3) is 0.800. The summed E-state index contributed by atoms with van der Waals surface area (Å²) in [6.45, 7) is 3.99. The van der Waals surface area contributed by atoms with Gasteiger partial charge in [-0.3, -0.25) is 4.79 Å². The van der Waals surface area contributed by atoms with E-state index < -0.39 is 0 Å². The summed E-state index contributed by atoms with van der Waals surface area (Å²) in [5, 5.41) is 9.19. The molecule has 1 rings (SSSR count). The van der Waals surface area contributed by atoms with Crippen molar-refractivity contribution in [2.75, 3.05) is 0 Å². The Kier molecular flexibility index (Phi) is 6.49. The molecule has 0 radical (unpaired) electrons. The summed E-state index contributed by atoms with van der Waals surface area (Å²) in [5.41, 5.74) is 1.29. The van der Waals surface area contributed by atoms with Crippen LogP contribution < -0.4 is 0 Å². The Morgan fingerprint density at radius 2 is 2.24 bits per heavy atom. The van der Waals surface area contributed by atoms with E-state index in [2.05, 4.69) is 6.92 Å². The van der Waals surface area contributed by atoms with Gasteiger partial charge in [-0.25, -0.2) is 0 Å². The van der Waals surface area contributed by atoms with Gasteiger partial charge in [-0.15, -0.1) is 0 Å². The lowest BCUT2D eigenvalue weighted by atomic mass is 9.84. The summed E-state index contributed by atoms with van der Waals surface area (Å²) in [7, 11) is 0. The average Bonchev–Trinajstić information content (AvgIpc) is 2.27. The Morgan fingerprint density at radius 1 is 1.47 bits per heavy atom. The molecule has 0 saturated carbocycles. The molecule has 1 aliphatic carbocycles. The highest BCUT2D eigenvalue weighted by Crippen LogP contribution is 2.27. The molecule has 2 nitrogen and oxygen atoms in total. The summed E-state index contributed by atoms with van der Waals surface area (Å²) in [5.74, 6) is 0.632. The zero-order chi connectivity index (χ0) is 12.7. The fourth-order valence-corrected chi connectivity index (χ4v) is 2.45. The molecule has 0 heterocycles. The molecule has 0 saturated heterocycles. The summed E-state index contributed by atoms with van der Waals surface area (Å²) >= 11 is 0. The molecule has 0 fully saturated rings. The van der Waals surface area contributed by atoms with Gasteiger partial charge in [0.15, 0.2) is 5.78 Å². The van der Waals surface area contributed by atoms with Crippen LogP contribution in [0.25, 0.3) is 0 Å². The van der Waals surface area contributed by atoms with Crippen LogP contribution in [0.2, 0.25) is 0 Å². The zero-order valence-electron chi connectivity index (χ0n) is 11.2. The normalized spacial score (nSPS) is 22.4. The molecule has 1 N–H and O–H groups in total. The lowest BCUT2D eigenvalue weighted by molar-refractivity contribution is -0.119. The first-order valence-electron chi connectivity index (χ1n) is 7.04. The highest BCUT2D eigenvalue weighted by molar-refractivity contribution is 5.93. The minimum Gasteiger partial charge on any atom is -0.393 e. The Hall–Kier alpha value is -0.630. The summed E-state index contributed by atoms with van der Waals surface area (Å²) in [6.07, 6.45) is 10.0. The molecule has 0 amide bonds. The smallest absolute Gasteiger partial charge is 0.158 e. The van der Waals surface area contributed by atoms with Gasteiger partial charge in [-0.1, -0.05) is 25.3 Å². The lowest BCUT2D eigenvalue weighted by Gasteiger charge is -2.20. The topological polar surface area (TPSA) is 37.3 Å². The molecule has 2 heteroatoms. The van der Waals surface area contributed by atoms with Crippen molar-refractivity contribution in [1.82, 2.24) is 0 Å². The first-order valence-corrected chi connectivity index (χ1v) is 7.04. The molecule has 98 valence electrons. The number of unbranched alkanes of at least 4 members (excludes halogenated alkanes) is 1. The molecule has 1 unspecified atom stereocenters. The maximum absolute atomic E-state index is 11.9. The second kappa shape index (κ2) is 7.65. The first kappa shape index (κ1) is 14.4. The van der Waals surface area contributed by atoms with Crippen molar-refractivity contribution in [1.29, 1.82) is 0 Å². The van der Waals surface area contributed by atoms with E-state index in [1.165, 1.54) is 18.4 Å². The van der Waals surface area contributed by atoms with Gasteiger partial charge in [0.05, 0.1) is 6.10 Å². The highest BCUT2D eigenvalue weighted by atomic mass is 16.3. The van der Waals surface area contributed by atoms with Gasteiger partial charge in [-0.2, -0.15) is 0 Å². The van der Waals surface area contributed by atoms with Crippen LogP contribution in [0.3, 0.4) is 0 Å². The van der Waals surface area contributed by atoms with Crippen molar-refractivity contribution in [3.8, 4) is 0 Å². The van der Waals surface area contributed by atoms with Gasteiger partial charge >= 0.3 is 0 Å². The van der Waals surface area contributed by atoms with Crippen molar-refractivity contribution in [3.63, 3.8) is 0 Å². The highest BCUT2D eigenvalue weighted by Gasteiger charge is 2.21. The van der Waals surface area contributed by atoms with Crippen LogP contribution >= 0.6 is 0 Å². The van der Waals surface area contributed by atoms with Gasteiger partial charge in [0, 0.05) is 5.92 Å². The molecule has 0 aromatic heterocycles. The summed E-state index contributed by atoms with van der Waals surface area (Å²) in [6, 6.07) is 0. The van der Waals surface area contributed by atoms with Gasteiger partial charge in [0.25, 0.3) is 0 Å². The number of aliphatic hydroxyl groups excluding tert-OH is 1. The molecule has 1 aliphatic rings. The monoisotopic (exact) mass is 238 g/mol. The van der Waals surface area contributed by atoms with Crippen molar-refractivity contribution < 1.29 is 9.90 Å². The number of carbonyl (C=O) groups is 1. The fourth-order valence-electron chi connectivity index (χ4n) is 2.45. The van der Waals surface area contributed by atoms with E-state index in [1.54, 1.807) is 0 Å². The van der Waals surface area contributed by atoms with Crippen molar-refractivity contribution in [3.05, 3.63) is 11.6 Å². The second-order valence-corrected chi connectivity index (χ2v) is 5.32. The maximum Gasteiger partial charge on any atom is 0.158 e. The third-order valence-electron chi connectivity index (χ3n) is 3.59. The number of hydrogen-bond acceptors (Lipinski definition) is 2. The summed E-state index contributed by atoms with van der Waals surface area (Å²) < 4.78 is 0. The van der Waals surface area contributed by atoms with Crippen molar-refractivity contribution in [2.45, 2.75) is 71.3 Å². The van der Waals surface area contributed by atoms with Crippen LogP contribution in [0.5, 0.6) is 0 Å². The quantitative estimate of drug-likeness (QED) is 0.735. The molecular formula is C15H26O2. The average molecular weight is 238 g/mol. The predicted octanol–water partition coefficient (Wildman–Crippen LogP) is 3.63. The molecule has 17 heavy (non-hydrogen) atoms. The van der Waals surface area contributed by atoms with Gasteiger partial charge in [-0.05, 0) is 51.5 Å². The number of rotatable bonds is 7. The number of aliphatic hydroxyl groups is 1. The van der Waals surface area contributed by atoms with Crippen LogP contribution in [0.1, 0.15) is 65.2 Å². The minimum atomic E-state index is -0.216. The maximum atomic E-state index is 11.9. The molecular weight excluding hydrogens is 212 g/mol. The Morgan fingerprint density at radius 3 is 2.82 bits per heavy atom. The van der Waals surface area contributed by atoms with Gasteiger partial charge < -0.3 is 5.11 Å². The Bertz CT molecular complexity index is 266. The van der Waals surface area contributed by atoms with Crippen molar-refractivity contribution in [2.24, 2.45) is 5.92 Å². The Labute approximate surface area is 105 Å². The van der Waals surface area contributed by atoms with E-state index in [4.69, 9.17) is 0 Å². The van der Waals surface area contributed by atoms with E-state index in [0.717, 1.165) is 38.5 Å². The van der Waals surface area contributed by atoms with E-state index in [0.29, 0.717) is 5.78 Å². The Balaban J connectivity index is 2.32. The zero-order valence-corrected chi connectivity index (χ0v) is 11.2. The largest absolute Gasteiger partial charge is 0.393 e. The van der Waals surface area contributed by atoms with Crippen LogP contribution in [-0.2, 0) is 4.79 Å². The number of carbonyl (C=O) groups excluding carboxylic acids is 1. The SMILES string of the molecule is CCCC[C@@H]1CCC(CCCC(C)O)=CC1=O. The third-order valence-corrected chi connectivity index (χ3v) is 3.59. The van der Waals surface area contributed by atoms with Crippen LogP contribution in [0, 0.1) is 5.92 Å². The predicted molar refractivity (Wildman–Crippen MR) is 70.9 cm³/mol. The van der Waals surface area contributed by atoms with Gasteiger partial charge in [0.1, 0.15) is 0 Å². The van der Waals surface area contributed by atoms with E-state index >= 15 is 0 Å². The van der Waals surface area contributed by atoms with Crippen LogP contribution in [0.15, 0.2) is 11.6 Å². The van der Waals surface area contributed by atoms with E-state index in [9.17, 15) is 9.90 Å². The lowest BCUT2D eigenvalue weighted by Crippen LogP contribution is -2.17.